The minimum atomic E-state index is -0.0249. The summed E-state index contributed by atoms with van der Waals surface area (Å²) in [5, 5.41) is 14.4. The Morgan fingerprint density at radius 2 is 1.55 bits per heavy atom. The molecular formula is C36H38N2O6. The van der Waals surface area contributed by atoms with Gasteiger partial charge in [0.15, 0.2) is 34.5 Å². The van der Waals surface area contributed by atoms with Gasteiger partial charge in [0.05, 0.1) is 21.3 Å². The van der Waals surface area contributed by atoms with Crippen LogP contribution < -0.4 is 29.0 Å². The predicted molar refractivity (Wildman–Crippen MR) is 168 cm³/mol. The zero-order chi connectivity index (χ0) is 30.4. The molecule has 4 aliphatic heterocycles. The van der Waals surface area contributed by atoms with E-state index in [0.717, 1.165) is 49.0 Å². The van der Waals surface area contributed by atoms with Gasteiger partial charge in [0, 0.05) is 24.2 Å². The number of aromatic hydroxyl groups is 1. The Morgan fingerprint density at radius 1 is 0.773 bits per heavy atom. The summed E-state index contributed by atoms with van der Waals surface area (Å²) in [6, 6.07) is 20.1. The molecule has 0 spiro atoms. The molecule has 8 heteroatoms. The third kappa shape index (κ3) is 5.08. The van der Waals surface area contributed by atoms with Crippen LogP contribution >= 0.6 is 0 Å². The lowest BCUT2D eigenvalue weighted by Gasteiger charge is -2.35. The molecule has 0 aromatic heterocycles. The number of nitrogens with zero attached hydrogens (tertiary/aromatic N) is 1. The van der Waals surface area contributed by atoms with E-state index in [-0.39, 0.29) is 17.8 Å². The van der Waals surface area contributed by atoms with Gasteiger partial charge >= 0.3 is 0 Å². The lowest BCUT2D eigenvalue weighted by Crippen LogP contribution is -2.33. The van der Waals surface area contributed by atoms with E-state index in [1.54, 1.807) is 27.4 Å². The fourth-order valence-corrected chi connectivity index (χ4v) is 6.90. The summed E-state index contributed by atoms with van der Waals surface area (Å²) in [5.41, 5.74) is 6.88. The molecule has 4 aromatic rings. The summed E-state index contributed by atoms with van der Waals surface area (Å²) < 4.78 is 30.7. The number of hydrogen-bond donors (Lipinski definition) is 2. The maximum absolute atomic E-state index is 10.7. The first-order chi connectivity index (χ1) is 21.4. The van der Waals surface area contributed by atoms with E-state index in [4.69, 9.17) is 23.7 Å². The maximum Gasteiger partial charge on any atom is 0.204 e. The number of fused-ring (bicyclic) bond motifs is 2. The molecule has 0 radical (unpaired) electrons. The summed E-state index contributed by atoms with van der Waals surface area (Å²) in [7, 11) is 7.18. The normalized spacial score (nSPS) is 19.1. The number of methoxy groups -OCH3 is 3. The van der Waals surface area contributed by atoms with Gasteiger partial charge in [-0.1, -0.05) is 18.2 Å². The van der Waals surface area contributed by atoms with Crippen LogP contribution in [0.2, 0.25) is 0 Å². The largest absolute Gasteiger partial charge is 0.504 e. The number of hydrogen-bond acceptors (Lipinski definition) is 8. The first kappa shape index (κ1) is 28.4. The average Bonchev–Trinajstić information content (AvgIpc) is 3.04. The molecule has 1 unspecified atom stereocenters. The SMILES string of the molecule is COc1cc2c3cc1Oc1cc4c(c(OC)c1OC)CCN[C@@H]4Cc1ccc(O)c(c1)Oc1ccc(cc1)CC3N(C)CC2. The van der Waals surface area contributed by atoms with E-state index in [0.29, 0.717) is 46.7 Å². The van der Waals surface area contributed by atoms with Crippen molar-refractivity contribution in [1.29, 1.82) is 0 Å². The van der Waals surface area contributed by atoms with E-state index >= 15 is 0 Å². The second-order valence-electron chi connectivity index (χ2n) is 11.8. The topological polar surface area (TPSA) is 81.7 Å². The summed E-state index contributed by atoms with van der Waals surface area (Å²) in [6.07, 6.45) is 3.21. The van der Waals surface area contributed by atoms with Gasteiger partial charge in [-0.25, -0.2) is 0 Å². The summed E-state index contributed by atoms with van der Waals surface area (Å²) >= 11 is 0. The first-order valence-electron chi connectivity index (χ1n) is 15.1. The fourth-order valence-electron chi connectivity index (χ4n) is 6.90. The molecule has 0 aliphatic carbocycles. The van der Waals surface area contributed by atoms with Gasteiger partial charge < -0.3 is 34.1 Å². The van der Waals surface area contributed by atoms with Crippen LogP contribution in [0, 0.1) is 0 Å². The minimum absolute atomic E-state index is 0.0249. The van der Waals surface area contributed by atoms with Gasteiger partial charge in [-0.15, -0.1) is 0 Å². The monoisotopic (exact) mass is 594 g/mol. The Kier molecular flexibility index (Phi) is 7.48. The summed E-state index contributed by atoms with van der Waals surface area (Å²) in [6.45, 7) is 1.74. The molecule has 44 heavy (non-hydrogen) atoms. The lowest BCUT2D eigenvalue weighted by molar-refractivity contribution is 0.228. The summed E-state index contributed by atoms with van der Waals surface area (Å²) in [4.78, 5) is 2.40. The molecule has 4 heterocycles. The third-order valence-corrected chi connectivity index (χ3v) is 9.20. The van der Waals surface area contributed by atoms with Crippen molar-refractivity contribution in [1.82, 2.24) is 10.2 Å². The van der Waals surface area contributed by atoms with Crippen molar-refractivity contribution in [3.8, 4) is 46.0 Å². The van der Waals surface area contributed by atoms with Crippen LogP contribution in [0.4, 0.5) is 0 Å². The zero-order valence-corrected chi connectivity index (χ0v) is 25.6. The van der Waals surface area contributed by atoms with Crippen LogP contribution in [0.3, 0.4) is 0 Å². The highest BCUT2D eigenvalue weighted by Gasteiger charge is 2.31. The van der Waals surface area contributed by atoms with E-state index in [9.17, 15) is 5.11 Å². The second-order valence-corrected chi connectivity index (χ2v) is 11.8. The molecular weight excluding hydrogens is 556 g/mol. The van der Waals surface area contributed by atoms with Gasteiger partial charge in [-0.2, -0.15) is 0 Å². The van der Waals surface area contributed by atoms with Gasteiger partial charge in [-0.05, 0) is 110 Å². The molecule has 8 bridgehead atoms. The number of likely N-dealkylation sites (N-methyl/N-ethyl adjacent to an activating group) is 1. The molecule has 0 amide bonds. The number of nitrogens with one attached hydrogen (secondary N) is 1. The highest BCUT2D eigenvalue weighted by atomic mass is 16.5. The highest BCUT2D eigenvalue weighted by molar-refractivity contribution is 5.63. The Hall–Kier alpha value is -4.40. The number of phenols is 1. The van der Waals surface area contributed by atoms with E-state index in [1.807, 2.05) is 24.3 Å². The van der Waals surface area contributed by atoms with Gasteiger partial charge in [0.2, 0.25) is 5.75 Å². The van der Waals surface area contributed by atoms with Crippen molar-refractivity contribution in [2.24, 2.45) is 0 Å². The first-order valence-corrected chi connectivity index (χ1v) is 15.1. The number of benzene rings is 4. The Bertz CT molecular complexity index is 1700. The summed E-state index contributed by atoms with van der Waals surface area (Å²) in [5.74, 6) is 4.35. The van der Waals surface area contributed by atoms with Crippen LogP contribution in [0.5, 0.6) is 46.0 Å². The maximum atomic E-state index is 10.7. The van der Waals surface area contributed by atoms with Crippen molar-refractivity contribution in [2.75, 3.05) is 41.5 Å². The molecule has 228 valence electrons. The minimum Gasteiger partial charge on any atom is -0.504 e. The Balaban J connectivity index is 1.43. The molecule has 2 N–H and O–H groups in total. The predicted octanol–water partition coefficient (Wildman–Crippen LogP) is 6.52. The number of rotatable bonds is 3. The molecule has 4 aromatic carbocycles. The lowest BCUT2D eigenvalue weighted by atomic mass is 9.88. The molecule has 0 saturated heterocycles. The average molecular weight is 595 g/mol. The van der Waals surface area contributed by atoms with Crippen molar-refractivity contribution in [2.45, 2.75) is 37.8 Å². The quantitative estimate of drug-likeness (QED) is 0.278. The zero-order valence-electron chi connectivity index (χ0n) is 25.6. The molecule has 2 atom stereocenters. The van der Waals surface area contributed by atoms with Gasteiger partial charge in [0.25, 0.3) is 0 Å². The highest BCUT2D eigenvalue weighted by Crippen LogP contribution is 2.49. The number of ether oxygens (including phenoxy) is 5. The van der Waals surface area contributed by atoms with Crippen LogP contribution in [-0.4, -0.2) is 51.5 Å². The fraction of sp³-hybridized carbons (Fsp3) is 0.333. The van der Waals surface area contributed by atoms with Crippen molar-refractivity contribution in [3.63, 3.8) is 0 Å². The molecule has 8 rings (SSSR count). The standard InChI is InChI=1S/C36H38N2O6/c1-38-14-12-23-18-32(40-2)33-19-26(23)29(38)16-21-5-8-24(9-6-21)43-31-17-22(7-10-30(31)39)15-28-27-20-34(44-33)36(42-4)35(41-3)25(27)11-13-37-28/h5-10,17-20,28-29,37,39H,11-16H2,1-4H3/t28-,29?/m1/s1. The van der Waals surface area contributed by atoms with Crippen molar-refractivity contribution < 1.29 is 28.8 Å². The van der Waals surface area contributed by atoms with Crippen LogP contribution in [0.15, 0.2) is 60.7 Å². The van der Waals surface area contributed by atoms with Crippen LogP contribution in [0.1, 0.15) is 45.5 Å². The van der Waals surface area contributed by atoms with E-state index in [2.05, 4.69) is 47.6 Å². The molecule has 4 aliphatic rings. The van der Waals surface area contributed by atoms with E-state index < -0.39 is 0 Å². The Labute approximate surface area is 258 Å². The van der Waals surface area contributed by atoms with Gasteiger partial charge in [0.1, 0.15) is 5.75 Å². The van der Waals surface area contributed by atoms with Crippen molar-refractivity contribution >= 4 is 0 Å². The van der Waals surface area contributed by atoms with Crippen LogP contribution in [-0.2, 0) is 25.7 Å². The molecule has 0 saturated carbocycles. The smallest absolute Gasteiger partial charge is 0.204 e. The third-order valence-electron chi connectivity index (χ3n) is 9.20. The molecule has 8 nitrogen and oxygen atoms in total. The molecule has 0 fully saturated rings. The second kappa shape index (κ2) is 11.6. The Morgan fingerprint density at radius 3 is 2.32 bits per heavy atom. The van der Waals surface area contributed by atoms with Crippen LogP contribution in [0.25, 0.3) is 0 Å². The number of phenolic OH excluding ortho intramolecular Hbond substituents is 1. The van der Waals surface area contributed by atoms with Gasteiger partial charge in [-0.3, -0.25) is 4.90 Å². The van der Waals surface area contributed by atoms with E-state index in [1.165, 1.54) is 16.7 Å². The van der Waals surface area contributed by atoms with Crippen molar-refractivity contribution in [3.05, 3.63) is 94.0 Å².